The number of benzene rings is 3. The quantitative estimate of drug-likeness (QED) is 0.223. The number of halogens is 5. The molecule has 206 valence electrons. The second-order valence-corrected chi connectivity index (χ2v) is 9.24. The zero-order chi connectivity index (χ0) is 29.0. The maximum absolute atomic E-state index is 13.1. The summed E-state index contributed by atoms with van der Waals surface area (Å²) in [6.45, 7) is 1.67. The lowest BCUT2D eigenvalue weighted by atomic mass is 9.99. The Balaban J connectivity index is 1.72. The predicted octanol–water partition coefficient (Wildman–Crippen LogP) is 7.17. The van der Waals surface area contributed by atoms with Crippen molar-refractivity contribution in [3.63, 3.8) is 0 Å². The summed E-state index contributed by atoms with van der Waals surface area (Å²) >= 11 is 12.3. The van der Waals surface area contributed by atoms with Crippen molar-refractivity contribution >= 4 is 63.3 Å². The summed E-state index contributed by atoms with van der Waals surface area (Å²) in [5.74, 6) is -2.03. The molecular formula is C28H20Cl2F3N3O4. The van der Waals surface area contributed by atoms with Gasteiger partial charge in [0.15, 0.2) is 0 Å². The second-order valence-electron chi connectivity index (χ2n) is 8.43. The molecule has 0 bridgehead atoms. The van der Waals surface area contributed by atoms with Gasteiger partial charge in [0.25, 0.3) is 5.91 Å². The minimum Gasteiger partial charge on any atom is -0.462 e. The van der Waals surface area contributed by atoms with E-state index in [0.29, 0.717) is 5.39 Å². The van der Waals surface area contributed by atoms with Crippen LogP contribution in [0.3, 0.4) is 0 Å². The molecule has 2 amide bonds. The molecule has 3 aromatic carbocycles. The topological polar surface area (TPSA) is 97.4 Å². The Morgan fingerprint density at radius 3 is 2.30 bits per heavy atom. The third-order valence-electron chi connectivity index (χ3n) is 5.75. The number of hydrogen-bond acceptors (Lipinski definition) is 5. The number of para-hydroxylation sites is 1. The van der Waals surface area contributed by atoms with Gasteiger partial charge in [-0.15, -0.1) is 0 Å². The van der Waals surface area contributed by atoms with Crippen molar-refractivity contribution in [1.29, 1.82) is 0 Å². The number of anilines is 2. The van der Waals surface area contributed by atoms with Crippen molar-refractivity contribution in [3.05, 3.63) is 99.2 Å². The van der Waals surface area contributed by atoms with E-state index >= 15 is 0 Å². The van der Waals surface area contributed by atoms with E-state index in [2.05, 4.69) is 15.6 Å². The number of hydrogen-bond donors (Lipinski definition) is 2. The van der Waals surface area contributed by atoms with E-state index in [1.165, 1.54) is 30.5 Å². The number of ether oxygens (including phenoxy) is 1. The number of carbonyl (C=O) groups excluding carboxylic acids is 3. The first kappa shape index (κ1) is 28.8. The third kappa shape index (κ3) is 6.35. The molecule has 12 heteroatoms. The fourth-order valence-electron chi connectivity index (χ4n) is 3.99. The van der Waals surface area contributed by atoms with Crippen LogP contribution in [-0.2, 0) is 22.1 Å². The van der Waals surface area contributed by atoms with Crippen LogP contribution in [-0.4, -0.2) is 29.4 Å². The minimum absolute atomic E-state index is 0.00818. The van der Waals surface area contributed by atoms with Crippen LogP contribution in [0.5, 0.6) is 0 Å². The van der Waals surface area contributed by atoms with E-state index in [1.807, 2.05) is 0 Å². The number of amides is 2. The maximum Gasteiger partial charge on any atom is 0.416 e. The first-order chi connectivity index (χ1) is 19.0. The van der Waals surface area contributed by atoms with Crippen LogP contribution in [0.25, 0.3) is 10.9 Å². The SMILES string of the molecule is CCOC(=O)c1cnc2c(NC(=O)c3c(Cl)cccc3Cl)cccc2c1CC(=O)Nc1cccc(C(F)(F)F)c1. The van der Waals surface area contributed by atoms with Gasteiger partial charge in [0.05, 0.1) is 51.0 Å². The molecule has 0 aliphatic heterocycles. The summed E-state index contributed by atoms with van der Waals surface area (Å²) in [6.07, 6.45) is -3.78. The molecule has 40 heavy (non-hydrogen) atoms. The summed E-state index contributed by atoms with van der Waals surface area (Å²) in [6, 6.07) is 13.5. The van der Waals surface area contributed by atoms with E-state index in [0.717, 1.165) is 12.1 Å². The van der Waals surface area contributed by atoms with Gasteiger partial charge in [-0.25, -0.2) is 4.79 Å². The molecule has 0 spiro atoms. The Morgan fingerprint density at radius 2 is 1.62 bits per heavy atom. The molecule has 2 N–H and O–H groups in total. The highest BCUT2D eigenvalue weighted by molar-refractivity contribution is 6.40. The molecule has 0 saturated carbocycles. The summed E-state index contributed by atoms with van der Waals surface area (Å²) in [5, 5.41) is 5.75. The Labute approximate surface area is 236 Å². The average Bonchev–Trinajstić information content (AvgIpc) is 2.89. The van der Waals surface area contributed by atoms with Gasteiger partial charge in [-0.2, -0.15) is 13.2 Å². The van der Waals surface area contributed by atoms with Gasteiger partial charge in [0.2, 0.25) is 5.91 Å². The number of nitrogens with one attached hydrogen (secondary N) is 2. The van der Waals surface area contributed by atoms with E-state index in [4.69, 9.17) is 27.9 Å². The van der Waals surface area contributed by atoms with Gasteiger partial charge >= 0.3 is 12.1 Å². The van der Waals surface area contributed by atoms with Crippen LogP contribution in [0.2, 0.25) is 10.0 Å². The number of aromatic nitrogens is 1. The Morgan fingerprint density at radius 1 is 0.950 bits per heavy atom. The van der Waals surface area contributed by atoms with Crippen molar-refractivity contribution < 1.29 is 32.3 Å². The number of carbonyl (C=O) groups is 3. The lowest BCUT2D eigenvalue weighted by molar-refractivity contribution is -0.137. The molecule has 0 fully saturated rings. The fourth-order valence-corrected chi connectivity index (χ4v) is 4.56. The number of rotatable bonds is 7. The van der Waals surface area contributed by atoms with Crippen LogP contribution in [0.4, 0.5) is 24.5 Å². The maximum atomic E-state index is 13.1. The highest BCUT2D eigenvalue weighted by Gasteiger charge is 2.30. The van der Waals surface area contributed by atoms with Crippen molar-refractivity contribution in [2.24, 2.45) is 0 Å². The molecule has 1 heterocycles. The van der Waals surface area contributed by atoms with Crippen molar-refractivity contribution in [3.8, 4) is 0 Å². The number of alkyl halides is 3. The Kier molecular flexibility index (Phi) is 8.61. The lowest BCUT2D eigenvalue weighted by Gasteiger charge is -2.15. The monoisotopic (exact) mass is 589 g/mol. The summed E-state index contributed by atoms with van der Waals surface area (Å²) in [7, 11) is 0. The van der Waals surface area contributed by atoms with Crippen LogP contribution in [0.1, 0.15) is 38.8 Å². The van der Waals surface area contributed by atoms with Crippen molar-refractivity contribution in [2.75, 3.05) is 17.2 Å². The predicted molar refractivity (Wildman–Crippen MR) is 146 cm³/mol. The molecule has 0 aliphatic rings. The Hall–Kier alpha value is -4.15. The van der Waals surface area contributed by atoms with Gasteiger partial charge in [-0.1, -0.05) is 47.5 Å². The lowest BCUT2D eigenvalue weighted by Crippen LogP contribution is -2.19. The number of pyridine rings is 1. The smallest absolute Gasteiger partial charge is 0.416 e. The zero-order valence-electron chi connectivity index (χ0n) is 20.7. The van der Waals surface area contributed by atoms with Gasteiger partial charge in [-0.05, 0) is 48.9 Å². The molecule has 0 radical (unpaired) electrons. The minimum atomic E-state index is -4.59. The first-order valence-corrected chi connectivity index (χ1v) is 12.6. The molecule has 4 aromatic rings. The molecule has 1 aromatic heterocycles. The molecular weight excluding hydrogens is 570 g/mol. The van der Waals surface area contributed by atoms with Crippen molar-refractivity contribution in [1.82, 2.24) is 4.98 Å². The van der Waals surface area contributed by atoms with Gasteiger partial charge < -0.3 is 15.4 Å². The fraction of sp³-hybridized carbons (Fsp3) is 0.143. The Bertz CT molecular complexity index is 1610. The second kappa shape index (κ2) is 11.9. The van der Waals surface area contributed by atoms with E-state index in [9.17, 15) is 27.6 Å². The number of fused-ring (bicyclic) bond motifs is 1. The van der Waals surface area contributed by atoms with Crippen LogP contribution >= 0.6 is 23.2 Å². The van der Waals surface area contributed by atoms with Crippen LogP contribution in [0, 0.1) is 0 Å². The molecule has 7 nitrogen and oxygen atoms in total. The summed E-state index contributed by atoms with van der Waals surface area (Å²) < 4.78 is 44.4. The van der Waals surface area contributed by atoms with E-state index < -0.39 is 35.9 Å². The largest absolute Gasteiger partial charge is 0.462 e. The van der Waals surface area contributed by atoms with E-state index in [-0.39, 0.29) is 50.2 Å². The van der Waals surface area contributed by atoms with E-state index in [1.54, 1.807) is 31.2 Å². The summed E-state index contributed by atoms with van der Waals surface area (Å²) in [4.78, 5) is 43.0. The van der Waals surface area contributed by atoms with Crippen LogP contribution in [0.15, 0.2) is 66.9 Å². The van der Waals surface area contributed by atoms with Gasteiger partial charge in [0.1, 0.15) is 0 Å². The number of esters is 1. The molecule has 4 rings (SSSR count). The zero-order valence-corrected chi connectivity index (χ0v) is 22.2. The average molecular weight is 590 g/mol. The number of nitrogens with zero attached hydrogens (tertiary/aromatic N) is 1. The molecule has 0 atom stereocenters. The highest BCUT2D eigenvalue weighted by atomic mass is 35.5. The molecule has 0 saturated heterocycles. The molecule has 0 unspecified atom stereocenters. The summed E-state index contributed by atoms with van der Waals surface area (Å²) in [5.41, 5.74) is -0.258. The third-order valence-corrected chi connectivity index (χ3v) is 6.38. The van der Waals surface area contributed by atoms with Gasteiger partial charge in [0, 0.05) is 17.3 Å². The normalized spacial score (nSPS) is 11.2. The first-order valence-electron chi connectivity index (χ1n) is 11.8. The van der Waals surface area contributed by atoms with Gasteiger partial charge in [-0.3, -0.25) is 14.6 Å². The standard InChI is InChI=1S/C28H20Cl2F3N3O4/c1-2-40-27(39)19-14-34-25-17(8-4-11-22(25)36-26(38)24-20(29)9-5-10-21(24)30)18(19)13-23(37)35-16-7-3-6-15(12-16)28(31,32)33/h3-12,14H,2,13H2,1H3,(H,35,37)(H,36,38). The van der Waals surface area contributed by atoms with Crippen molar-refractivity contribution in [2.45, 2.75) is 19.5 Å². The molecule has 0 aliphatic carbocycles. The van der Waals surface area contributed by atoms with Crippen LogP contribution < -0.4 is 10.6 Å². The highest BCUT2D eigenvalue weighted by Crippen LogP contribution is 2.32.